The van der Waals surface area contributed by atoms with Gasteiger partial charge in [-0.3, -0.25) is 4.79 Å². The van der Waals surface area contributed by atoms with Crippen molar-refractivity contribution < 1.29 is 4.79 Å². The van der Waals surface area contributed by atoms with Crippen LogP contribution < -0.4 is 10.6 Å². The lowest BCUT2D eigenvalue weighted by Crippen LogP contribution is -2.39. The van der Waals surface area contributed by atoms with Gasteiger partial charge >= 0.3 is 0 Å². The first-order valence-electron chi connectivity index (χ1n) is 10.5. The average Bonchev–Trinajstić information content (AvgIpc) is 3.24. The van der Waals surface area contributed by atoms with Crippen LogP contribution in [0.1, 0.15) is 59.8 Å². The van der Waals surface area contributed by atoms with Crippen molar-refractivity contribution in [3.05, 3.63) is 70.8 Å². The monoisotopic (exact) mass is 396 g/mol. The molecule has 0 spiro atoms. The summed E-state index contributed by atoms with van der Waals surface area (Å²) in [5.41, 5.74) is 5.95. The second-order valence-corrected chi connectivity index (χ2v) is 8.49. The Labute approximate surface area is 173 Å². The van der Waals surface area contributed by atoms with Gasteiger partial charge in [-0.2, -0.15) is 0 Å². The summed E-state index contributed by atoms with van der Waals surface area (Å²) >= 11 is 0. The normalized spacial score (nSPS) is 26.9. The van der Waals surface area contributed by atoms with Crippen molar-refractivity contribution in [3.8, 4) is 0 Å². The van der Waals surface area contributed by atoms with Gasteiger partial charge < -0.3 is 10.6 Å². The van der Waals surface area contributed by atoms with E-state index in [9.17, 15) is 4.79 Å². The number of nitrogens with one attached hydrogen (secondary N) is 2. The van der Waals surface area contributed by atoms with E-state index in [0.717, 1.165) is 32.5 Å². The van der Waals surface area contributed by atoms with E-state index in [1.807, 2.05) is 0 Å². The third-order valence-corrected chi connectivity index (χ3v) is 6.93. The van der Waals surface area contributed by atoms with Crippen molar-refractivity contribution in [1.82, 2.24) is 10.6 Å². The van der Waals surface area contributed by atoms with E-state index in [4.69, 9.17) is 0 Å². The van der Waals surface area contributed by atoms with Crippen LogP contribution in [0.2, 0.25) is 0 Å². The van der Waals surface area contributed by atoms with Gasteiger partial charge in [0.1, 0.15) is 0 Å². The van der Waals surface area contributed by atoms with Crippen molar-refractivity contribution in [3.63, 3.8) is 0 Å². The number of carbonyl (C=O) groups is 1. The fraction of sp³-hybridized carbons (Fsp3) is 0.458. The molecule has 2 N–H and O–H groups in total. The Morgan fingerprint density at radius 2 is 1.64 bits per heavy atom. The van der Waals surface area contributed by atoms with Crippen LogP contribution in [0, 0.1) is 11.8 Å². The van der Waals surface area contributed by atoms with E-state index in [1.165, 1.54) is 28.7 Å². The molecule has 4 heteroatoms. The Hall–Kier alpha value is -1.84. The number of benzene rings is 2. The summed E-state index contributed by atoms with van der Waals surface area (Å²) in [4.78, 5) is 12.4. The zero-order valence-electron chi connectivity index (χ0n) is 16.2. The second kappa shape index (κ2) is 8.26. The molecule has 2 atom stereocenters. The van der Waals surface area contributed by atoms with Gasteiger partial charge in [0.25, 0.3) is 0 Å². The number of rotatable bonds is 5. The van der Waals surface area contributed by atoms with Gasteiger partial charge in [0.05, 0.1) is 0 Å². The quantitative estimate of drug-likeness (QED) is 0.794. The molecule has 1 fully saturated rings. The van der Waals surface area contributed by atoms with E-state index >= 15 is 0 Å². The van der Waals surface area contributed by atoms with E-state index in [-0.39, 0.29) is 18.3 Å². The molecule has 4 aliphatic rings. The minimum Gasteiger partial charge on any atom is -0.356 e. The van der Waals surface area contributed by atoms with Crippen LogP contribution in [0.3, 0.4) is 0 Å². The lowest BCUT2D eigenvalue weighted by molar-refractivity contribution is -0.121. The SMILES string of the molecule is Cl.O=C(CCC1CCNC1)NCC1CC2c3ccccc3C1c1ccccc12. The topological polar surface area (TPSA) is 41.1 Å². The number of fused-ring (bicyclic) bond motifs is 1. The number of amides is 1. The summed E-state index contributed by atoms with van der Waals surface area (Å²) in [6, 6.07) is 17.8. The molecule has 3 nitrogen and oxygen atoms in total. The molecule has 1 aliphatic heterocycles. The maximum absolute atomic E-state index is 12.4. The summed E-state index contributed by atoms with van der Waals surface area (Å²) in [6.45, 7) is 2.98. The molecule has 0 saturated carbocycles. The van der Waals surface area contributed by atoms with Crippen LogP contribution in [0.25, 0.3) is 0 Å². The Bertz CT molecular complexity index is 799. The van der Waals surface area contributed by atoms with Gasteiger partial charge in [0.15, 0.2) is 0 Å². The van der Waals surface area contributed by atoms with E-state index in [0.29, 0.717) is 30.1 Å². The molecule has 28 heavy (non-hydrogen) atoms. The predicted octanol–water partition coefficient (Wildman–Crippen LogP) is 4.21. The van der Waals surface area contributed by atoms with Crippen molar-refractivity contribution in [2.24, 2.45) is 11.8 Å². The van der Waals surface area contributed by atoms with Gasteiger partial charge in [-0.05, 0) is 66.4 Å². The van der Waals surface area contributed by atoms with E-state index in [1.54, 1.807) is 0 Å². The van der Waals surface area contributed by atoms with Crippen LogP contribution in [-0.2, 0) is 4.79 Å². The van der Waals surface area contributed by atoms with Crippen molar-refractivity contribution >= 4 is 18.3 Å². The molecule has 3 aliphatic carbocycles. The van der Waals surface area contributed by atoms with Crippen molar-refractivity contribution in [2.75, 3.05) is 19.6 Å². The summed E-state index contributed by atoms with van der Waals surface area (Å²) < 4.78 is 0. The molecular formula is C24H29ClN2O. The highest BCUT2D eigenvalue weighted by Crippen LogP contribution is 2.55. The van der Waals surface area contributed by atoms with Crippen LogP contribution in [0.4, 0.5) is 0 Å². The van der Waals surface area contributed by atoms with Crippen LogP contribution in [-0.4, -0.2) is 25.5 Å². The minimum absolute atomic E-state index is 0. The zero-order valence-corrected chi connectivity index (χ0v) is 17.0. The molecule has 1 amide bonds. The molecule has 2 aromatic rings. The lowest BCUT2D eigenvalue weighted by Gasteiger charge is -2.45. The standard InChI is InChI=1S/C24H28N2O.ClH/c27-23(10-9-16-11-12-25-14-16)26-15-17-13-22-18-5-1-3-7-20(18)24(17)21-8-4-2-6-19(21)22;/h1-8,16-17,22,24-25H,9-15H2,(H,26,27);1H. The van der Waals surface area contributed by atoms with Crippen LogP contribution in [0.5, 0.6) is 0 Å². The highest BCUT2D eigenvalue weighted by Gasteiger charge is 2.42. The molecule has 1 heterocycles. The predicted molar refractivity (Wildman–Crippen MR) is 115 cm³/mol. The van der Waals surface area contributed by atoms with Gasteiger partial charge in [-0.25, -0.2) is 0 Å². The first-order chi connectivity index (χ1) is 13.3. The molecule has 2 aromatic carbocycles. The molecule has 6 rings (SSSR count). The Balaban J connectivity index is 0.00000192. The summed E-state index contributed by atoms with van der Waals surface area (Å²) in [6.07, 6.45) is 4.04. The van der Waals surface area contributed by atoms with Gasteiger partial charge in [0, 0.05) is 24.8 Å². The molecule has 1 saturated heterocycles. The number of halogens is 1. The summed E-state index contributed by atoms with van der Waals surface area (Å²) in [7, 11) is 0. The van der Waals surface area contributed by atoms with Crippen molar-refractivity contribution in [1.29, 1.82) is 0 Å². The van der Waals surface area contributed by atoms with Crippen LogP contribution >= 0.6 is 12.4 Å². The highest BCUT2D eigenvalue weighted by molar-refractivity contribution is 5.85. The summed E-state index contributed by atoms with van der Waals surface area (Å²) in [5.74, 6) is 2.30. The second-order valence-electron chi connectivity index (χ2n) is 8.49. The molecule has 148 valence electrons. The highest BCUT2D eigenvalue weighted by atomic mass is 35.5. The van der Waals surface area contributed by atoms with Crippen molar-refractivity contribution in [2.45, 2.75) is 37.5 Å². The maximum Gasteiger partial charge on any atom is 0.220 e. The molecule has 0 aromatic heterocycles. The van der Waals surface area contributed by atoms with Gasteiger partial charge in [-0.1, -0.05) is 48.5 Å². The first kappa shape index (κ1) is 19.5. The summed E-state index contributed by atoms with van der Waals surface area (Å²) in [5, 5.41) is 6.65. The largest absolute Gasteiger partial charge is 0.356 e. The Morgan fingerprint density at radius 3 is 2.25 bits per heavy atom. The molecule has 2 bridgehead atoms. The maximum atomic E-state index is 12.4. The van der Waals surface area contributed by atoms with E-state index in [2.05, 4.69) is 59.2 Å². The number of carbonyl (C=O) groups excluding carboxylic acids is 1. The van der Waals surface area contributed by atoms with E-state index < -0.39 is 0 Å². The van der Waals surface area contributed by atoms with Gasteiger partial charge in [0.2, 0.25) is 5.91 Å². The fourth-order valence-electron chi connectivity index (χ4n) is 5.59. The number of hydrogen-bond donors (Lipinski definition) is 2. The molecular weight excluding hydrogens is 368 g/mol. The Morgan fingerprint density at radius 1 is 1.00 bits per heavy atom. The van der Waals surface area contributed by atoms with Gasteiger partial charge in [-0.15, -0.1) is 12.4 Å². The third-order valence-electron chi connectivity index (χ3n) is 6.93. The fourth-order valence-corrected chi connectivity index (χ4v) is 5.59. The minimum atomic E-state index is 0. The Kier molecular flexibility index (Phi) is 5.75. The smallest absolute Gasteiger partial charge is 0.220 e. The zero-order chi connectivity index (χ0) is 18.2. The van der Waals surface area contributed by atoms with Crippen LogP contribution in [0.15, 0.2) is 48.5 Å². The molecule has 2 unspecified atom stereocenters. The number of hydrogen-bond acceptors (Lipinski definition) is 2. The average molecular weight is 397 g/mol. The third kappa shape index (κ3) is 3.46. The molecule has 0 radical (unpaired) electrons. The lowest BCUT2D eigenvalue weighted by atomic mass is 9.59. The first-order valence-corrected chi connectivity index (χ1v) is 10.5.